The Hall–Kier alpha value is -2.14. The van der Waals surface area contributed by atoms with Crippen molar-refractivity contribution >= 4 is 15.7 Å². The smallest absolute Gasteiger partial charge is 0.244 e. The zero-order valence-electron chi connectivity index (χ0n) is 16.2. The first-order chi connectivity index (χ1) is 12.8. The maximum absolute atomic E-state index is 13.5. The first-order valence-electron chi connectivity index (χ1n) is 9.46. The van der Waals surface area contributed by atoms with Crippen LogP contribution in [0, 0.1) is 6.92 Å². The Morgan fingerprint density at radius 1 is 1.07 bits per heavy atom. The average molecular weight is 386 g/mol. The second-order valence-corrected chi connectivity index (χ2v) is 9.95. The molecule has 1 aliphatic heterocycles. The lowest BCUT2D eigenvalue weighted by molar-refractivity contribution is -0.140. The molecule has 144 valence electrons. The van der Waals surface area contributed by atoms with E-state index in [0.29, 0.717) is 19.4 Å². The number of hydrogen-bond acceptors (Lipinski definition) is 3. The van der Waals surface area contributed by atoms with Crippen LogP contribution in [0.5, 0.6) is 0 Å². The quantitative estimate of drug-likeness (QED) is 0.778. The molecule has 27 heavy (non-hydrogen) atoms. The van der Waals surface area contributed by atoms with E-state index in [2.05, 4.69) is 0 Å². The minimum Gasteiger partial charge on any atom is -0.334 e. The third kappa shape index (κ3) is 3.53. The van der Waals surface area contributed by atoms with Gasteiger partial charge in [-0.05, 0) is 50.8 Å². The van der Waals surface area contributed by atoms with Crippen LogP contribution in [0.2, 0.25) is 0 Å². The third-order valence-electron chi connectivity index (χ3n) is 5.70. The molecule has 0 radical (unpaired) electrons. The average Bonchev–Trinajstić information content (AvgIpc) is 2.67. The van der Waals surface area contributed by atoms with E-state index in [4.69, 9.17) is 0 Å². The van der Waals surface area contributed by atoms with Crippen LogP contribution in [0.25, 0.3) is 0 Å². The van der Waals surface area contributed by atoms with Gasteiger partial charge in [-0.1, -0.05) is 55.0 Å². The Labute approximate surface area is 162 Å². The lowest BCUT2D eigenvalue weighted by atomic mass is 9.90. The van der Waals surface area contributed by atoms with Gasteiger partial charge in [0.1, 0.15) is 0 Å². The molecule has 2 aromatic rings. The van der Waals surface area contributed by atoms with Crippen molar-refractivity contribution in [2.75, 3.05) is 0 Å². The molecule has 0 N–H and O–H groups in total. The summed E-state index contributed by atoms with van der Waals surface area (Å²) in [5.41, 5.74) is 2.01. The van der Waals surface area contributed by atoms with E-state index in [1.165, 1.54) is 0 Å². The fourth-order valence-corrected chi connectivity index (χ4v) is 5.56. The van der Waals surface area contributed by atoms with Gasteiger partial charge >= 0.3 is 0 Å². The fraction of sp³-hybridized carbons (Fsp3) is 0.409. The van der Waals surface area contributed by atoms with Crippen molar-refractivity contribution in [3.8, 4) is 0 Å². The van der Waals surface area contributed by atoms with Crippen molar-refractivity contribution in [3.05, 3.63) is 65.7 Å². The first kappa shape index (κ1) is 19.6. The number of rotatable bonds is 5. The minimum atomic E-state index is -3.78. The molecule has 2 aromatic carbocycles. The van der Waals surface area contributed by atoms with Crippen molar-refractivity contribution in [2.24, 2.45) is 0 Å². The molecule has 1 aliphatic rings. The number of likely N-dealkylation sites (tertiary alicyclic amines) is 1. The SMILES string of the molecule is CCC1CCC(C)(S(=O)(=O)c2ccc(C)cc2)C(=O)N1Cc1ccccc1. The highest BCUT2D eigenvalue weighted by Gasteiger charge is 2.52. The lowest BCUT2D eigenvalue weighted by Crippen LogP contribution is -2.58. The highest BCUT2D eigenvalue weighted by molar-refractivity contribution is 7.93. The van der Waals surface area contributed by atoms with Crippen LogP contribution in [0.15, 0.2) is 59.5 Å². The molecule has 0 aliphatic carbocycles. The maximum atomic E-state index is 13.5. The Balaban J connectivity index is 1.97. The van der Waals surface area contributed by atoms with Gasteiger partial charge in [0.25, 0.3) is 0 Å². The van der Waals surface area contributed by atoms with Gasteiger partial charge in [-0.25, -0.2) is 8.42 Å². The number of carbonyl (C=O) groups excluding carboxylic acids is 1. The van der Waals surface area contributed by atoms with E-state index in [0.717, 1.165) is 17.5 Å². The predicted molar refractivity (Wildman–Crippen MR) is 107 cm³/mol. The van der Waals surface area contributed by atoms with E-state index < -0.39 is 14.6 Å². The van der Waals surface area contributed by atoms with E-state index in [-0.39, 0.29) is 16.8 Å². The topological polar surface area (TPSA) is 54.5 Å². The van der Waals surface area contributed by atoms with Crippen LogP contribution in [-0.2, 0) is 21.2 Å². The zero-order valence-corrected chi connectivity index (χ0v) is 17.0. The number of sulfone groups is 1. The van der Waals surface area contributed by atoms with Crippen molar-refractivity contribution < 1.29 is 13.2 Å². The Bertz CT molecular complexity index is 906. The molecule has 4 nitrogen and oxygen atoms in total. The predicted octanol–water partition coefficient (Wildman–Crippen LogP) is 4.13. The van der Waals surface area contributed by atoms with E-state index in [1.54, 1.807) is 36.1 Å². The number of piperidine rings is 1. The molecule has 1 saturated heterocycles. The zero-order chi connectivity index (χ0) is 19.7. The molecule has 2 unspecified atom stereocenters. The van der Waals surface area contributed by atoms with E-state index in [1.807, 2.05) is 44.2 Å². The summed E-state index contributed by atoms with van der Waals surface area (Å²) in [5.74, 6) is -0.287. The van der Waals surface area contributed by atoms with Crippen molar-refractivity contribution in [2.45, 2.75) is 62.3 Å². The highest BCUT2D eigenvalue weighted by atomic mass is 32.2. The van der Waals surface area contributed by atoms with Gasteiger partial charge in [0, 0.05) is 12.6 Å². The summed E-state index contributed by atoms with van der Waals surface area (Å²) in [7, 11) is -3.78. The molecule has 5 heteroatoms. The summed E-state index contributed by atoms with van der Waals surface area (Å²) >= 11 is 0. The fourth-order valence-electron chi connectivity index (χ4n) is 3.81. The van der Waals surface area contributed by atoms with Crippen LogP contribution < -0.4 is 0 Å². The largest absolute Gasteiger partial charge is 0.334 e. The summed E-state index contributed by atoms with van der Waals surface area (Å²) in [6.45, 7) is 6.00. The van der Waals surface area contributed by atoms with Gasteiger partial charge in [-0.3, -0.25) is 4.79 Å². The number of nitrogens with zero attached hydrogens (tertiary/aromatic N) is 1. The first-order valence-corrected chi connectivity index (χ1v) is 10.9. The summed E-state index contributed by atoms with van der Waals surface area (Å²) in [4.78, 5) is 15.4. The second kappa shape index (κ2) is 7.47. The van der Waals surface area contributed by atoms with Gasteiger partial charge in [0.2, 0.25) is 5.91 Å². The Morgan fingerprint density at radius 2 is 1.70 bits per heavy atom. The molecule has 1 heterocycles. The number of aryl methyl sites for hydroxylation is 1. The number of amides is 1. The third-order valence-corrected chi connectivity index (χ3v) is 8.16. The highest BCUT2D eigenvalue weighted by Crippen LogP contribution is 2.38. The van der Waals surface area contributed by atoms with Gasteiger partial charge in [0.05, 0.1) is 4.90 Å². The van der Waals surface area contributed by atoms with Crippen molar-refractivity contribution in [3.63, 3.8) is 0 Å². The van der Waals surface area contributed by atoms with Crippen LogP contribution in [-0.4, -0.2) is 30.0 Å². The van der Waals surface area contributed by atoms with Gasteiger partial charge < -0.3 is 4.90 Å². The minimum absolute atomic E-state index is 0.0685. The van der Waals surface area contributed by atoms with E-state index >= 15 is 0 Å². The van der Waals surface area contributed by atoms with E-state index in [9.17, 15) is 13.2 Å². The van der Waals surface area contributed by atoms with Crippen LogP contribution in [0.3, 0.4) is 0 Å². The van der Waals surface area contributed by atoms with Gasteiger partial charge in [-0.2, -0.15) is 0 Å². The maximum Gasteiger partial charge on any atom is 0.244 e. The van der Waals surface area contributed by atoms with Gasteiger partial charge in [0.15, 0.2) is 14.6 Å². The Kier molecular flexibility index (Phi) is 5.43. The molecule has 0 spiro atoms. The van der Waals surface area contributed by atoms with Crippen molar-refractivity contribution in [1.29, 1.82) is 0 Å². The molecule has 0 bridgehead atoms. The lowest BCUT2D eigenvalue weighted by Gasteiger charge is -2.44. The summed E-state index contributed by atoms with van der Waals surface area (Å²) in [5, 5.41) is 0. The molecule has 2 atom stereocenters. The Morgan fingerprint density at radius 3 is 2.30 bits per heavy atom. The second-order valence-electron chi connectivity index (χ2n) is 7.57. The standard InChI is InChI=1S/C22H27NO3S/c1-4-19-14-15-22(3,27(25,26)20-12-10-17(2)11-13-20)21(24)23(19)16-18-8-6-5-7-9-18/h5-13,19H,4,14-16H2,1-3H3. The molecule has 0 saturated carbocycles. The number of hydrogen-bond donors (Lipinski definition) is 0. The molecule has 1 fully saturated rings. The normalized spacial score (nSPS) is 23.4. The molecular weight excluding hydrogens is 358 g/mol. The van der Waals surface area contributed by atoms with Crippen LogP contribution >= 0.6 is 0 Å². The van der Waals surface area contributed by atoms with Crippen LogP contribution in [0.1, 0.15) is 44.2 Å². The molecule has 0 aromatic heterocycles. The summed E-state index contributed by atoms with van der Waals surface area (Å²) < 4.78 is 25.3. The summed E-state index contributed by atoms with van der Waals surface area (Å²) in [6, 6.07) is 16.6. The number of benzene rings is 2. The molecule has 1 amide bonds. The van der Waals surface area contributed by atoms with Crippen molar-refractivity contribution in [1.82, 2.24) is 4.90 Å². The molecule has 3 rings (SSSR count). The monoisotopic (exact) mass is 385 g/mol. The van der Waals surface area contributed by atoms with Crippen LogP contribution in [0.4, 0.5) is 0 Å². The van der Waals surface area contributed by atoms with Gasteiger partial charge in [-0.15, -0.1) is 0 Å². The molecular formula is C22H27NO3S. The summed E-state index contributed by atoms with van der Waals surface area (Å²) in [6.07, 6.45) is 1.86. The number of carbonyl (C=O) groups is 1.